The van der Waals surface area contributed by atoms with Gasteiger partial charge in [0.15, 0.2) is 0 Å². The predicted molar refractivity (Wildman–Crippen MR) is 162 cm³/mol. The van der Waals surface area contributed by atoms with Crippen LogP contribution in [0.15, 0.2) is 25.3 Å². The number of thioether (sulfide) groups is 1. The first-order valence-electron chi connectivity index (χ1n) is 15.3. The van der Waals surface area contributed by atoms with Crippen molar-refractivity contribution in [2.45, 2.75) is 68.5 Å². The molecule has 0 aromatic heterocycles. The molecule has 0 aromatic carbocycles. The van der Waals surface area contributed by atoms with Crippen molar-refractivity contribution in [1.29, 1.82) is 0 Å². The lowest BCUT2D eigenvalue weighted by molar-refractivity contribution is -0.148. The van der Waals surface area contributed by atoms with Crippen LogP contribution in [0.3, 0.4) is 0 Å². The molecule has 41 heavy (non-hydrogen) atoms. The Kier molecular flexibility index (Phi) is 10.3. The number of carbonyl (C=O) groups is 3. The van der Waals surface area contributed by atoms with Crippen LogP contribution in [0.2, 0.25) is 0 Å². The van der Waals surface area contributed by atoms with E-state index in [9.17, 15) is 19.5 Å². The quantitative estimate of drug-likeness (QED) is 0.310. The number of ether oxygens (including phenoxy) is 1. The first-order chi connectivity index (χ1) is 19.6. The Morgan fingerprint density at radius 3 is 2.32 bits per heavy atom. The van der Waals surface area contributed by atoms with Crippen LogP contribution in [0, 0.1) is 17.8 Å². The molecule has 9 nitrogen and oxygen atoms in total. The molecule has 0 aromatic rings. The van der Waals surface area contributed by atoms with Gasteiger partial charge in [-0.05, 0) is 32.1 Å². The minimum absolute atomic E-state index is 0.0184. The van der Waals surface area contributed by atoms with Crippen LogP contribution < -0.4 is 0 Å². The smallest absolute Gasteiger partial charge is 0.247 e. The number of hydrogen-bond donors (Lipinski definition) is 1. The predicted octanol–water partition coefficient (Wildman–Crippen LogP) is 2.26. The highest BCUT2D eigenvalue weighted by molar-refractivity contribution is 8.02. The standard InChI is InChI=1S/C31H50N4O5S/c1-7-12-33(13-8-2)27(37)24-25-28(38)35(23(21-36)22(4)5)26(31(25)11-10-30(24,6)41-31)29(39)34(14-9-3)16-15-32-17-19-40-20-18-32/h7,9,22-26,36H,1,3,8,10-21H2,2,4-6H3/t23-,24+,25-,26?,30-,31?/m0/s1. The molecule has 1 N–H and O–H groups in total. The number of carbonyl (C=O) groups excluding carboxylic acids is 3. The molecule has 6 atom stereocenters. The Hall–Kier alpha value is -1.88. The topological polar surface area (TPSA) is 93.6 Å². The summed E-state index contributed by atoms with van der Waals surface area (Å²) >= 11 is 1.69. The van der Waals surface area contributed by atoms with Crippen molar-refractivity contribution >= 4 is 29.5 Å². The number of nitrogens with zero attached hydrogens (tertiary/aromatic N) is 4. The van der Waals surface area contributed by atoms with E-state index in [1.54, 1.807) is 28.8 Å². The third-order valence-corrected chi connectivity index (χ3v) is 11.6. The molecular formula is C31H50N4O5S. The second kappa shape index (κ2) is 13.2. The van der Waals surface area contributed by atoms with Crippen molar-refractivity contribution in [1.82, 2.24) is 19.6 Å². The lowest BCUT2D eigenvalue weighted by Crippen LogP contribution is -2.59. The number of aliphatic hydroxyl groups is 1. The summed E-state index contributed by atoms with van der Waals surface area (Å²) in [7, 11) is 0. The highest BCUT2D eigenvalue weighted by Gasteiger charge is 2.78. The molecule has 0 radical (unpaired) electrons. The lowest BCUT2D eigenvalue weighted by Gasteiger charge is -2.41. The number of rotatable bonds is 14. The largest absolute Gasteiger partial charge is 0.394 e. The molecule has 10 heteroatoms. The van der Waals surface area contributed by atoms with Crippen LogP contribution in [0.4, 0.5) is 0 Å². The Labute approximate surface area is 250 Å². The van der Waals surface area contributed by atoms with Crippen LogP contribution in [0.5, 0.6) is 0 Å². The number of fused-ring (bicyclic) bond motifs is 1. The van der Waals surface area contributed by atoms with Crippen LogP contribution in [-0.4, -0.2) is 130 Å². The zero-order chi connectivity index (χ0) is 29.9. The summed E-state index contributed by atoms with van der Waals surface area (Å²) < 4.78 is 4.35. The molecule has 4 fully saturated rings. The summed E-state index contributed by atoms with van der Waals surface area (Å²) in [5, 5.41) is 10.5. The van der Waals surface area contributed by atoms with Gasteiger partial charge in [0.1, 0.15) is 6.04 Å². The molecule has 4 heterocycles. The molecule has 2 bridgehead atoms. The van der Waals surface area contributed by atoms with Gasteiger partial charge < -0.3 is 24.5 Å². The fourth-order valence-corrected chi connectivity index (χ4v) is 9.95. The molecular weight excluding hydrogens is 540 g/mol. The highest BCUT2D eigenvalue weighted by atomic mass is 32.2. The SMILES string of the molecule is C=CCN(CCN1CCOCC1)C(=O)C1N([C@@H](CO)C(C)C)C(=O)[C@@H]2[C@H](C(=O)N(CC=C)CCC)[C@]3(C)CCC12S3. The molecule has 1 spiro atoms. The maximum absolute atomic E-state index is 14.7. The van der Waals surface area contributed by atoms with Crippen molar-refractivity contribution < 1.29 is 24.2 Å². The molecule has 4 aliphatic heterocycles. The van der Waals surface area contributed by atoms with E-state index in [1.807, 2.05) is 30.6 Å². The zero-order valence-corrected chi connectivity index (χ0v) is 26.2. The second-order valence-corrected chi connectivity index (χ2v) is 14.5. The molecule has 4 aliphatic rings. The first-order valence-corrected chi connectivity index (χ1v) is 16.1. The number of amides is 3. The van der Waals surface area contributed by atoms with Crippen LogP contribution in [0.1, 0.15) is 47.0 Å². The van der Waals surface area contributed by atoms with E-state index in [0.29, 0.717) is 52.4 Å². The number of likely N-dealkylation sites (tertiary alicyclic amines) is 1. The summed E-state index contributed by atoms with van der Waals surface area (Å²) in [6.45, 7) is 21.3. The van der Waals surface area contributed by atoms with Gasteiger partial charge in [-0.3, -0.25) is 19.3 Å². The van der Waals surface area contributed by atoms with E-state index in [4.69, 9.17) is 4.74 Å². The van der Waals surface area contributed by atoms with E-state index in [1.165, 1.54) is 0 Å². The Morgan fingerprint density at radius 2 is 1.76 bits per heavy atom. The number of aliphatic hydroxyl groups excluding tert-OH is 1. The Bertz CT molecular complexity index is 1000. The molecule has 2 unspecified atom stereocenters. The third kappa shape index (κ3) is 5.74. The molecule has 0 aliphatic carbocycles. The Balaban J connectivity index is 1.73. The van der Waals surface area contributed by atoms with Gasteiger partial charge in [0.2, 0.25) is 17.7 Å². The van der Waals surface area contributed by atoms with Gasteiger partial charge in [0, 0.05) is 50.6 Å². The maximum atomic E-state index is 14.7. The van der Waals surface area contributed by atoms with Crippen molar-refractivity contribution in [3.8, 4) is 0 Å². The maximum Gasteiger partial charge on any atom is 0.247 e. The number of hydrogen-bond acceptors (Lipinski definition) is 7. The van der Waals surface area contributed by atoms with E-state index in [0.717, 1.165) is 25.9 Å². The minimum Gasteiger partial charge on any atom is -0.394 e. The average Bonchev–Trinajstić information content (AvgIpc) is 3.52. The fraction of sp³-hybridized carbons (Fsp3) is 0.774. The molecule has 3 amide bonds. The average molecular weight is 591 g/mol. The lowest BCUT2D eigenvalue weighted by atomic mass is 9.66. The van der Waals surface area contributed by atoms with Crippen LogP contribution in [-0.2, 0) is 19.1 Å². The summed E-state index contributed by atoms with van der Waals surface area (Å²) in [5.74, 6) is -1.46. The summed E-state index contributed by atoms with van der Waals surface area (Å²) in [5.41, 5.74) is 0. The van der Waals surface area contributed by atoms with Crippen molar-refractivity contribution in [2.75, 3.05) is 65.6 Å². The summed E-state index contributed by atoms with van der Waals surface area (Å²) in [4.78, 5) is 51.1. The molecule has 230 valence electrons. The summed E-state index contributed by atoms with van der Waals surface area (Å²) in [6, 6.07) is -1.25. The van der Waals surface area contributed by atoms with Gasteiger partial charge in [0.25, 0.3) is 0 Å². The number of morpholine rings is 1. The molecule has 0 saturated carbocycles. The van der Waals surface area contributed by atoms with Crippen LogP contribution in [0.25, 0.3) is 0 Å². The van der Waals surface area contributed by atoms with Gasteiger partial charge in [-0.2, -0.15) is 0 Å². The van der Waals surface area contributed by atoms with E-state index in [-0.39, 0.29) is 30.2 Å². The van der Waals surface area contributed by atoms with E-state index in [2.05, 4.69) is 25.0 Å². The van der Waals surface area contributed by atoms with Crippen molar-refractivity contribution in [3.05, 3.63) is 25.3 Å². The normalized spacial score (nSPS) is 31.8. The van der Waals surface area contributed by atoms with Crippen molar-refractivity contribution in [2.24, 2.45) is 17.8 Å². The van der Waals surface area contributed by atoms with Gasteiger partial charge in [-0.15, -0.1) is 24.9 Å². The van der Waals surface area contributed by atoms with Gasteiger partial charge in [0.05, 0.1) is 42.4 Å². The van der Waals surface area contributed by atoms with Crippen molar-refractivity contribution in [3.63, 3.8) is 0 Å². The first kappa shape index (κ1) is 32.0. The third-order valence-electron chi connectivity index (χ3n) is 9.63. The zero-order valence-electron chi connectivity index (χ0n) is 25.4. The monoisotopic (exact) mass is 590 g/mol. The van der Waals surface area contributed by atoms with Crippen LogP contribution >= 0.6 is 11.8 Å². The Morgan fingerprint density at radius 1 is 1.12 bits per heavy atom. The van der Waals surface area contributed by atoms with E-state index >= 15 is 0 Å². The minimum atomic E-state index is -0.743. The molecule has 4 saturated heterocycles. The van der Waals surface area contributed by atoms with Gasteiger partial charge in [-0.25, -0.2) is 0 Å². The second-order valence-electron chi connectivity index (χ2n) is 12.6. The molecule has 4 rings (SSSR count). The van der Waals surface area contributed by atoms with E-state index < -0.39 is 33.4 Å². The highest BCUT2D eigenvalue weighted by Crippen LogP contribution is 2.72. The van der Waals surface area contributed by atoms with Gasteiger partial charge in [-0.1, -0.05) is 32.9 Å². The summed E-state index contributed by atoms with van der Waals surface area (Å²) in [6.07, 6.45) is 5.75. The van der Waals surface area contributed by atoms with Gasteiger partial charge >= 0.3 is 0 Å². The fourth-order valence-electron chi connectivity index (χ4n) is 7.62.